The summed E-state index contributed by atoms with van der Waals surface area (Å²) in [6, 6.07) is 15.2. The molecule has 0 radical (unpaired) electrons. The van der Waals surface area contributed by atoms with Crippen LogP contribution in [0.15, 0.2) is 53.5 Å². The SMILES string of the molecule is CCCn1c(/N=C/c2ccccc2O)nc2ccccc21. The monoisotopic (exact) mass is 279 g/mol. The Balaban J connectivity index is 2.04. The average molecular weight is 279 g/mol. The van der Waals surface area contributed by atoms with Gasteiger partial charge in [-0.2, -0.15) is 0 Å². The van der Waals surface area contributed by atoms with Gasteiger partial charge in [-0.1, -0.05) is 31.2 Å². The summed E-state index contributed by atoms with van der Waals surface area (Å²) >= 11 is 0. The Labute approximate surface area is 123 Å². The molecule has 3 rings (SSSR count). The second-order valence-electron chi connectivity index (χ2n) is 4.87. The van der Waals surface area contributed by atoms with E-state index in [0.29, 0.717) is 11.5 Å². The number of fused-ring (bicyclic) bond motifs is 1. The van der Waals surface area contributed by atoms with Crippen molar-refractivity contribution < 1.29 is 5.11 Å². The fourth-order valence-electron chi connectivity index (χ4n) is 2.33. The summed E-state index contributed by atoms with van der Waals surface area (Å²) in [5.41, 5.74) is 2.71. The van der Waals surface area contributed by atoms with E-state index in [4.69, 9.17) is 0 Å². The van der Waals surface area contributed by atoms with Crippen LogP contribution in [0.4, 0.5) is 5.95 Å². The number of aryl methyl sites for hydroxylation is 1. The summed E-state index contributed by atoms with van der Waals surface area (Å²) < 4.78 is 2.10. The minimum atomic E-state index is 0.222. The molecular weight excluding hydrogens is 262 g/mol. The Morgan fingerprint density at radius 1 is 1.14 bits per heavy atom. The van der Waals surface area contributed by atoms with E-state index in [0.717, 1.165) is 24.0 Å². The van der Waals surface area contributed by atoms with Crippen molar-refractivity contribution in [2.45, 2.75) is 19.9 Å². The molecule has 0 saturated carbocycles. The summed E-state index contributed by atoms with van der Waals surface area (Å²) in [5, 5.41) is 9.78. The highest BCUT2D eigenvalue weighted by molar-refractivity contribution is 5.86. The normalized spacial score (nSPS) is 11.5. The first-order valence-corrected chi connectivity index (χ1v) is 7.07. The summed E-state index contributed by atoms with van der Waals surface area (Å²) in [6.45, 7) is 3.00. The first-order chi connectivity index (χ1) is 10.3. The summed E-state index contributed by atoms with van der Waals surface area (Å²) in [7, 11) is 0. The number of benzene rings is 2. The van der Waals surface area contributed by atoms with Crippen molar-refractivity contribution in [1.82, 2.24) is 9.55 Å². The number of aromatic hydroxyl groups is 1. The lowest BCUT2D eigenvalue weighted by molar-refractivity contribution is 0.474. The second-order valence-corrected chi connectivity index (χ2v) is 4.87. The number of phenols is 1. The second kappa shape index (κ2) is 5.79. The number of nitrogens with zero attached hydrogens (tertiary/aromatic N) is 3. The largest absolute Gasteiger partial charge is 0.507 e. The average Bonchev–Trinajstić information content (AvgIpc) is 2.85. The number of para-hydroxylation sites is 3. The number of hydrogen-bond acceptors (Lipinski definition) is 3. The van der Waals surface area contributed by atoms with Gasteiger partial charge in [0.25, 0.3) is 0 Å². The maximum atomic E-state index is 9.78. The molecule has 0 atom stereocenters. The third-order valence-electron chi connectivity index (χ3n) is 3.34. The molecule has 4 heteroatoms. The number of aromatic nitrogens is 2. The quantitative estimate of drug-likeness (QED) is 0.736. The molecule has 21 heavy (non-hydrogen) atoms. The van der Waals surface area contributed by atoms with E-state index >= 15 is 0 Å². The molecule has 0 aliphatic heterocycles. The van der Waals surface area contributed by atoms with Gasteiger partial charge in [0.15, 0.2) is 0 Å². The molecule has 0 saturated heterocycles. The molecule has 3 aromatic rings. The number of imidazole rings is 1. The van der Waals surface area contributed by atoms with Crippen molar-refractivity contribution in [3.63, 3.8) is 0 Å². The minimum absolute atomic E-state index is 0.222. The Morgan fingerprint density at radius 3 is 2.71 bits per heavy atom. The van der Waals surface area contributed by atoms with Crippen LogP contribution in [-0.4, -0.2) is 20.9 Å². The summed E-state index contributed by atoms with van der Waals surface area (Å²) in [5.74, 6) is 0.890. The zero-order chi connectivity index (χ0) is 14.7. The smallest absolute Gasteiger partial charge is 0.230 e. The van der Waals surface area contributed by atoms with Gasteiger partial charge in [0.05, 0.1) is 11.0 Å². The summed E-state index contributed by atoms with van der Waals surface area (Å²) in [4.78, 5) is 9.02. The van der Waals surface area contributed by atoms with E-state index < -0.39 is 0 Å². The van der Waals surface area contributed by atoms with Crippen LogP contribution in [0.1, 0.15) is 18.9 Å². The van der Waals surface area contributed by atoms with E-state index in [1.807, 2.05) is 30.3 Å². The topological polar surface area (TPSA) is 50.4 Å². The van der Waals surface area contributed by atoms with Crippen molar-refractivity contribution >= 4 is 23.2 Å². The molecule has 0 aliphatic carbocycles. The van der Waals surface area contributed by atoms with E-state index in [1.165, 1.54) is 0 Å². The van der Waals surface area contributed by atoms with Gasteiger partial charge in [0.2, 0.25) is 5.95 Å². The molecule has 0 amide bonds. The standard InChI is InChI=1S/C17H17N3O/c1-2-11-20-15-9-5-4-8-14(15)19-17(20)18-12-13-7-3-6-10-16(13)21/h3-10,12,21H,2,11H2,1H3/b18-12+. The molecule has 0 fully saturated rings. The highest BCUT2D eigenvalue weighted by atomic mass is 16.3. The minimum Gasteiger partial charge on any atom is -0.507 e. The van der Waals surface area contributed by atoms with E-state index in [1.54, 1.807) is 18.3 Å². The lowest BCUT2D eigenvalue weighted by Crippen LogP contribution is -1.96. The van der Waals surface area contributed by atoms with Gasteiger partial charge in [-0.15, -0.1) is 0 Å². The van der Waals surface area contributed by atoms with Gasteiger partial charge in [-0.25, -0.2) is 9.98 Å². The zero-order valence-electron chi connectivity index (χ0n) is 11.9. The highest BCUT2D eigenvalue weighted by Crippen LogP contribution is 2.22. The Hall–Kier alpha value is -2.62. The third kappa shape index (κ3) is 2.65. The number of aliphatic imine (C=N–C) groups is 1. The molecule has 4 nitrogen and oxygen atoms in total. The molecule has 1 N–H and O–H groups in total. The van der Waals surface area contributed by atoms with Gasteiger partial charge in [0, 0.05) is 18.3 Å². The zero-order valence-corrected chi connectivity index (χ0v) is 11.9. The van der Waals surface area contributed by atoms with Gasteiger partial charge in [-0.05, 0) is 30.7 Å². The molecule has 2 aromatic carbocycles. The molecule has 0 aliphatic rings. The van der Waals surface area contributed by atoms with Crippen LogP contribution in [0.3, 0.4) is 0 Å². The number of phenolic OH excluding ortho intramolecular Hbond substituents is 1. The Bertz CT molecular complexity index is 790. The number of rotatable bonds is 4. The van der Waals surface area contributed by atoms with Crippen molar-refractivity contribution in [1.29, 1.82) is 0 Å². The van der Waals surface area contributed by atoms with Crippen LogP contribution >= 0.6 is 0 Å². The van der Waals surface area contributed by atoms with Gasteiger partial charge in [-0.3, -0.25) is 0 Å². The number of hydrogen-bond donors (Lipinski definition) is 1. The molecular formula is C17H17N3O. The van der Waals surface area contributed by atoms with Crippen LogP contribution in [0, 0.1) is 0 Å². The lowest BCUT2D eigenvalue weighted by Gasteiger charge is -2.03. The van der Waals surface area contributed by atoms with Gasteiger partial charge < -0.3 is 9.67 Å². The van der Waals surface area contributed by atoms with E-state index in [2.05, 4.69) is 27.5 Å². The van der Waals surface area contributed by atoms with Crippen LogP contribution in [-0.2, 0) is 6.54 Å². The predicted molar refractivity (Wildman–Crippen MR) is 85.4 cm³/mol. The Morgan fingerprint density at radius 2 is 1.90 bits per heavy atom. The van der Waals surface area contributed by atoms with Crippen LogP contribution in [0.5, 0.6) is 5.75 Å². The molecule has 0 spiro atoms. The van der Waals surface area contributed by atoms with Crippen molar-refractivity contribution in [3.8, 4) is 5.75 Å². The van der Waals surface area contributed by atoms with Crippen molar-refractivity contribution in [2.24, 2.45) is 4.99 Å². The maximum absolute atomic E-state index is 9.78. The van der Waals surface area contributed by atoms with E-state index in [-0.39, 0.29) is 5.75 Å². The van der Waals surface area contributed by atoms with Crippen LogP contribution in [0.2, 0.25) is 0 Å². The van der Waals surface area contributed by atoms with E-state index in [9.17, 15) is 5.11 Å². The fraction of sp³-hybridized carbons (Fsp3) is 0.176. The Kier molecular flexibility index (Phi) is 3.69. The third-order valence-corrected chi connectivity index (χ3v) is 3.34. The first kappa shape index (κ1) is 13.4. The first-order valence-electron chi connectivity index (χ1n) is 7.07. The fourth-order valence-corrected chi connectivity index (χ4v) is 2.33. The maximum Gasteiger partial charge on any atom is 0.230 e. The molecule has 1 aromatic heterocycles. The molecule has 1 heterocycles. The predicted octanol–water partition coefficient (Wildman–Crippen LogP) is 3.90. The van der Waals surface area contributed by atoms with Gasteiger partial charge >= 0.3 is 0 Å². The highest BCUT2D eigenvalue weighted by Gasteiger charge is 2.08. The van der Waals surface area contributed by atoms with Crippen LogP contribution in [0.25, 0.3) is 11.0 Å². The van der Waals surface area contributed by atoms with Crippen LogP contribution < -0.4 is 0 Å². The molecule has 0 bridgehead atoms. The van der Waals surface area contributed by atoms with Crippen molar-refractivity contribution in [2.75, 3.05) is 0 Å². The summed E-state index contributed by atoms with van der Waals surface area (Å²) in [6.07, 6.45) is 2.67. The van der Waals surface area contributed by atoms with Crippen molar-refractivity contribution in [3.05, 3.63) is 54.1 Å². The van der Waals surface area contributed by atoms with Gasteiger partial charge in [0.1, 0.15) is 5.75 Å². The molecule has 106 valence electrons. The lowest BCUT2D eigenvalue weighted by atomic mass is 10.2. The molecule has 0 unspecified atom stereocenters.